The second-order valence-electron chi connectivity index (χ2n) is 5.79. The number of hydrogen-bond acceptors (Lipinski definition) is 6. The van der Waals surface area contributed by atoms with Crippen molar-refractivity contribution in [3.05, 3.63) is 69.2 Å². The number of nitrogens with zero attached hydrogens (tertiary/aromatic N) is 3. The van der Waals surface area contributed by atoms with Gasteiger partial charge >= 0.3 is 0 Å². The van der Waals surface area contributed by atoms with Crippen LogP contribution in [0.15, 0.2) is 53.6 Å². The van der Waals surface area contributed by atoms with Gasteiger partial charge in [0.25, 0.3) is 11.6 Å². The van der Waals surface area contributed by atoms with E-state index in [4.69, 9.17) is 11.6 Å². The van der Waals surface area contributed by atoms with Crippen molar-refractivity contribution in [2.75, 3.05) is 17.1 Å². The second-order valence-corrected chi connectivity index (χ2v) is 8.13. The highest BCUT2D eigenvalue weighted by Crippen LogP contribution is 2.20. The van der Waals surface area contributed by atoms with Crippen molar-refractivity contribution in [1.82, 2.24) is 5.43 Å². The molecule has 28 heavy (non-hydrogen) atoms. The number of nitro benzene ring substituents is 1. The maximum Gasteiger partial charge on any atom is 0.270 e. The smallest absolute Gasteiger partial charge is 0.270 e. The normalized spacial score (nSPS) is 11.8. The second kappa shape index (κ2) is 8.81. The number of carbonyl (C=O) groups is 1. The number of anilines is 1. The van der Waals surface area contributed by atoms with Crippen LogP contribution in [-0.2, 0) is 14.8 Å². The van der Waals surface area contributed by atoms with Gasteiger partial charge in [-0.05, 0) is 31.2 Å². The number of halogens is 1. The summed E-state index contributed by atoms with van der Waals surface area (Å²) in [7, 11) is -3.73. The number of hydrogen-bond donors (Lipinski definition) is 1. The average molecular weight is 425 g/mol. The minimum Gasteiger partial charge on any atom is -0.271 e. The first kappa shape index (κ1) is 21.3. The maximum atomic E-state index is 12.2. The Bertz CT molecular complexity index is 1020. The van der Waals surface area contributed by atoms with Crippen molar-refractivity contribution >= 4 is 44.6 Å². The monoisotopic (exact) mass is 424 g/mol. The molecule has 0 aliphatic carbocycles. The summed E-state index contributed by atoms with van der Waals surface area (Å²) in [4.78, 5) is 22.5. The molecule has 0 atom stereocenters. The number of carbonyl (C=O) groups excluding carboxylic acids is 1. The summed E-state index contributed by atoms with van der Waals surface area (Å²) in [5, 5.41) is 15.2. The van der Waals surface area contributed by atoms with E-state index in [0.717, 1.165) is 10.6 Å². The Morgan fingerprint density at radius 1 is 1.25 bits per heavy atom. The predicted octanol–water partition coefficient (Wildman–Crippen LogP) is 2.55. The van der Waals surface area contributed by atoms with Gasteiger partial charge in [-0.1, -0.05) is 23.7 Å². The molecule has 0 unspecified atom stereocenters. The number of amides is 1. The topological polar surface area (TPSA) is 122 Å². The summed E-state index contributed by atoms with van der Waals surface area (Å²) in [6.45, 7) is 1.07. The van der Waals surface area contributed by atoms with E-state index in [9.17, 15) is 23.3 Å². The largest absolute Gasteiger partial charge is 0.271 e. The fourth-order valence-electron chi connectivity index (χ4n) is 2.23. The SMILES string of the molecule is C/C(=N/NC(=O)CN(c1ccc(Cl)cc1)S(C)(=O)=O)c1cccc([N+](=O)[O-])c1. The minimum absolute atomic E-state index is 0.107. The summed E-state index contributed by atoms with van der Waals surface area (Å²) in [5.41, 5.74) is 3.21. The van der Waals surface area contributed by atoms with Crippen molar-refractivity contribution in [3.8, 4) is 0 Å². The molecule has 9 nitrogen and oxygen atoms in total. The standard InChI is InChI=1S/C17H17ClN4O5S/c1-12(13-4-3-5-16(10-13)22(24)25)19-20-17(23)11-21(28(2,26)27)15-8-6-14(18)7-9-15/h3-10H,11H2,1-2H3,(H,20,23)/b19-12-. The first-order valence-electron chi connectivity index (χ1n) is 7.89. The zero-order valence-electron chi connectivity index (χ0n) is 15.0. The van der Waals surface area contributed by atoms with Crippen molar-refractivity contribution in [3.63, 3.8) is 0 Å². The lowest BCUT2D eigenvalue weighted by Gasteiger charge is -2.21. The molecular weight excluding hydrogens is 408 g/mol. The van der Waals surface area contributed by atoms with Crippen LogP contribution in [-0.4, -0.2) is 37.8 Å². The lowest BCUT2D eigenvalue weighted by molar-refractivity contribution is -0.384. The molecule has 0 spiro atoms. The Morgan fingerprint density at radius 2 is 1.89 bits per heavy atom. The third-order valence-corrected chi connectivity index (χ3v) is 5.02. The number of nitro groups is 1. The number of hydrazone groups is 1. The van der Waals surface area contributed by atoms with Crippen molar-refractivity contribution < 1.29 is 18.1 Å². The molecule has 1 N–H and O–H groups in total. The Hall–Kier alpha value is -2.98. The average Bonchev–Trinajstić information content (AvgIpc) is 2.64. The van der Waals surface area contributed by atoms with Gasteiger partial charge in [-0.15, -0.1) is 0 Å². The Balaban J connectivity index is 2.14. The van der Waals surface area contributed by atoms with Crippen LogP contribution in [0.5, 0.6) is 0 Å². The van der Waals surface area contributed by atoms with Crippen LogP contribution >= 0.6 is 11.6 Å². The molecule has 2 rings (SSSR count). The lowest BCUT2D eigenvalue weighted by Crippen LogP contribution is -2.39. The van der Waals surface area contributed by atoms with E-state index < -0.39 is 27.4 Å². The molecule has 2 aromatic rings. The zero-order chi connectivity index (χ0) is 20.9. The maximum absolute atomic E-state index is 12.2. The molecule has 0 saturated heterocycles. The van der Waals surface area contributed by atoms with Gasteiger partial charge in [0.15, 0.2) is 0 Å². The fraction of sp³-hybridized carbons (Fsp3) is 0.176. The van der Waals surface area contributed by atoms with Gasteiger partial charge in [0, 0.05) is 22.7 Å². The number of sulfonamides is 1. The van der Waals surface area contributed by atoms with Gasteiger partial charge in [0.1, 0.15) is 6.54 Å². The molecule has 1 amide bonds. The molecule has 0 aliphatic heterocycles. The molecule has 0 heterocycles. The minimum atomic E-state index is -3.73. The Labute approximate surface area is 166 Å². The molecule has 2 aromatic carbocycles. The Kier molecular flexibility index (Phi) is 6.71. The molecule has 0 bridgehead atoms. The van der Waals surface area contributed by atoms with Crippen molar-refractivity contribution in [2.24, 2.45) is 5.10 Å². The lowest BCUT2D eigenvalue weighted by atomic mass is 10.1. The van der Waals surface area contributed by atoms with Crippen molar-refractivity contribution in [1.29, 1.82) is 0 Å². The van der Waals surface area contributed by atoms with Gasteiger partial charge in [0.05, 0.1) is 22.6 Å². The van der Waals surface area contributed by atoms with E-state index in [2.05, 4.69) is 10.5 Å². The van der Waals surface area contributed by atoms with E-state index >= 15 is 0 Å². The summed E-state index contributed by atoms with van der Waals surface area (Å²) < 4.78 is 25.0. The fourth-order valence-corrected chi connectivity index (χ4v) is 3.21. The quantitative estimate of drug-likeness (QED) is 0.415. The van der Waals surface area contributed by atoms with E-state index in [-0.39, 0.29) is 11.4 Å². The van der Waals surface area contributed by atoms with E-state index in [1.54, 1.807) is 13.0 Å². The third-order valence-electron chi connectivity index (χ3n) is 3.63. The highest BCUT2D eigenvalue weighted by Gasteiger charge is 2.20. The first-order valence-corrected chi connectivity index (χ1v) is 10.1. The van der Waals surface area contributed by atoms with Crippen LogP contribution < -0.4 is 9.73 Å². The van der Waals surface area contributed by atoms with Crippen LogP contribution in [0.25, 0.3) is 0 Å². The first-order chi connectivity index (χ1) is 13.1. The number of nitrogens with one attached hydrogen (secondary N) is 1. The number of non-ortho nitro benzene ring substituents is 1. The van der Waals surface area contributed by atoms with E-state index in [0.29, 0.717) is 16.3 Å². The molecule has 148 valence electrons. The highest BCUT2D eigenvalue weighted by molar-refractivity contribution is 7.92. The van der Waals surface area contributed by atoms with Gasteiger partial charge in [-0.3, -0.25) is 19.2 Å². The summed E-state index contributed by atoms with van der Waals surface area (Å²) >= 11 is 5.80. The highest BCUT2D eigenvalue weighted by atomic mass is 35.5. The van der Waals surface area contributed by atoms with E-state index in [1.807, 2.05) is 0 Å². The summed E-state index contributed by atoms with van der Waals surface area (Å²) in [6, 6.07) is 11.7. The predicted molar refractivity (Wildman–Crippen MR) is 107 cm³/mol. The van der Waals surface area contributed by atoms with Gasteiger partial charge in [-0.25, -0.2) is 13.8 Å². The molecule has 0 aliphatic rings. The number of rotatable bonds is 7. The molecular formula is C17H17ClN4O5S. The molecule has 0 fully saturated rings. The van der Waals surface area contributed by atoms with Crippen LogP contribution in [0, 0.1) is 10.1 Å². The molecule has 0 radical (unpaired) electrons. The van der Waals surface area contributed by atoms with Crippen LogP contribution in [0.2, 0.25) is 5.02 Å². The van der Waals surface area contributed by atoms with Gasteiger partial charge in [-0.2, -0.15) is 5.10 Å². The summed E-state index contributed by atoms with van der Waals surface area (Å²) in [6.07, 6.45) is 0.979. The molecule has 11 heteroatoms. The molecule has 0 saturated carbocycles. The van der Waals surface area contributed by atoms with Gasteiger partial charge < -0.3 is 0 Å². The van der Waals surface area contributed by atoms with Crippen molar-refractivity contribution in [2.45, 2.75) is 6.92 Å². The Morgan fingerprint density at radius 3 is 2.46 bits per heavy atom. The number of benzene rings is 2. The summed E-state index contributed by atoms with van der Waals surface area (Å²) in [5.74, 6) is -0.676. The van der Waals surface area contributed by atoms with Crippen LogP contribution in [0.3, 0.4) is 0 Å². The van der Waals surface area contributed by atoms with Crippen LogP contribution in [0.4, 0.5) is 11.4 Å². The molecule has 0 aromatic heterocycles. The third kappa shape index (κ3) is 5.76. The van der Waals surface area contributed by atoms with Crippen LogP contribution in [0.1, 0.15) is 12.5 Å². The van der Waals surface area contributed by atoms with E-state index in [1.165, 1.54) is 42.5 Å². The van der Waals surface area contributed by atoms with Gasteiger partial charge in [0.2, 0.25) is 10.0 Å². The zero-order valence-corrected chi connectivity index (χ0v) is 16.6.